The van der Waals surface area contributed by atoms with E-state index < -0.39 is 0 Å². The molecule has 66 valence electrons. The van der Waals surface area contributed by atoms with Gasteiger partial charge in [0.05, 0.1) is 0 Å². The number of nitrogens with zero attached hydrogens (tertiary/aromatic N) is 2. The fourth-order valence-electron chi connectivity index (χ4n) is 1.09. The maximum absolute atomic E-state index is 3.96. The predicted molar refractivity (Wildman–Crippen MR) is 52.5 cm³/mol. The standard InChI is InChI=1S/C10H8N2.H3N/c1-5-11-6-2-9(1)10-3-7-12-8-4-10;/h1-8H;1H3. The molecule has 2 aromatic heterocycles. The van der Waals surface area contributed by atoms with Gasteiger partial charge in [0.1, 0.15) is 0 Å². The van der Waals surface area contributed by atoms with Gasteiger partial charge in [-0.3, -0.25) is 9.97 Å². The average molecular weight is 173 g/mol. The molecule has 0 atom stereocenters. The third-order valence-electron chi connectivity index (χ3n) is 1.69. The Morgan fingerprint density at radius 1 is 0.615 bits per heavy atom. The van der Waals surface area contributed by atoms with Crippen LogP contribution in [0.25, 0.3) is 11.1 Å². The summed E-state index contributed by atoms with van der Waals surface area (Å²) in [5.41, 5.74) is 2.35. The summed E-state index contributed by atoms with van der Waals surface area (Å²) >= 11 is 0. The summed E-state index contributed by atoms with van der Waals surface area (Å²) in [5.74, 6) is 0. The van der Waals surface area contributed by atoms with Crippen LogP contribution in [0.4, 0.5) is 0 Å². The van der Waals surface area contributed by atoms with E-state index in [1.54, 1.807) is 24.8 Å². The van der Waals surface area contributed by atoms with E-state index >= 15 is 0 Å². The monoisotopic (exact) mass is 173 g/mol. The molecular weight excluding hydrogens is 162 g/mol. The van der Waals surface area contributed by atoms with Gasteiger partial charge in [-0.15, -0.1) is 0 Å². The highest BCUT2D eigenvalue weighted by atomic mass is 14.6. The van der Waals surface area contributed by atoms with E-state index in [4.69, 9.17) is 0 Å². The first-order chi connectivity index (χ1) is 5.97. The second-order valence-corrected chi connectivity index (χ2v) is 2.47. The minimum absolute atomic E-state index is 0. The third kappa shape index (κ3) is 2.10. The lowest BCUT2D eigenvalue weighted by Gasteiger charge is -1.97. The Morgan fingerprint density at radius 3 is 1.23 bits per heavy atom. The fraction of sp³-hybridized carbons (Fsp3) is 0. The van der Waals surface area contributed by atoms with Gasteiger partial charge in [0.25, 0.3) is 0 Å². The summed E-state index contributed by atoms with van der Waals surface area (Å²) in [7, 11) is 0. The largest absolute Gasteiger partial charge is 0.344 e. The van der Waals surface area contributed by atoms with Crippen LogP contribution >= 0.6 is 0 Å². The van der Waals surface area contributed by atoms with Crippen molar-refractivity contribution in [2.75, 3.05) is 0 Å². The van der Waals surface area contributed by atoms with Crippen molar-refractivity contribution in [3.8, 4) is 11.1 Å². The zero-order valence-electron chi connectivity index (χ0n) is 7.22. The Bertz CT molecular complexity index is 308. The number of hydrogen-bond acceptors (Lipinski definition) is 3. The van der Waals surface area contributed by atoms with Crippen LogP contribution in [0, 0.1) is 0 Å². The normalized spacial score (nSPS) is 8.92. The SMILES string of the molecule is N.c1cc(-c2ccncc2)ccn1. The van der Waals surface area contributed by atoms with Gasteiger partial charge >= 0.3 is 0 Å². The Labute approximate surface area is 77.1 Å². The van der Waals surface area contributed by atoms with Crippen LogP contribution in [-0.2, 0) is 0 Å². The van der Waals surface area contributed by atoms with Gasteiger partial charge in [-0.05, 0) is 35.4 Å². The smallest absolute Gasteiger partial charge is 0.0273 e. The molecule has 0 aliphatic heterocycles. The van der Waals surface area contributed by atoms with Gasteiger partial charge in [0.2, 0.25) is 0 Å². The van der Waals surface area contributed by atoms with Crippen molar-refractivity contribution in [2.24, 2.45) is 0 Å². The fourth-order valence-corrected chi connectivity index (χ4v) is 1.09. The molecule has 3 heteroatoms. The molecule has 0 spiro atoms. The molecule has 0 saturated heterocycles. The van der Waals surface area contributed by atoms with E-state index in [9.17, 15) is 0 Å². The summed E-state index contributed by atoms with van der Waals surface area (Å²) in [5, 5.41) is 0. The van der Waals surface area contributed by atoms with Gasteiger partial charge in [0, 0.05) is 24.8 Å². The number of pyridine rings is 2. The van der Waals surface area contributed by atoms with Crippen molar-refractivity contribution >= 4 is 0 Å². The quantitative estimate of drug-likeness (QED) is 0.719. The highest BCUT2D eigenvalue weighted by Crippen LogP contribution is 2.15. The molecule has 0 amide bonds. The highest BCUT2D eigenvalue weighted by molar-refractivity contribution is 5.61. The van der Waals surface area contributed by atoms with E-state index in [2.05, 4.69) is 9.97 Å². The molecule has 0 saturated carbocycles. The summed E-state index contributed by atoms with van der Waals surface area (Å²) < 4.78 is 0. The van der Waals surface area contributed by atoms with Crippen LogP contribution in [0.1, 0.15) is 0 Å². The Kier molecular flexibility index (Phi) is 3.11. The second kappa shape index (κ2) is 4.33. The van der Waals surface area contributed by atoms with Crippen LogP contribution in [0.5, 0.6) is 0 Å². The van der Waals surface area contributed by atoms with Gasteiger partial charge in [-0.25, -0.2) is 0 Å². The Morgan fingerprint density at radius 2 is 0.923 bits per heavy atom. The minimum Gasteiger partial charge on any atom is -0.344 e. The minimum atomic E-state index is 0. The molecule has 0 aromatic carbocycles. The van der Waals surface area contributed by atoms with E-state index in [0.717, 1.165) is 0 Å². The van der Waals surface area contributed by atoms with Crippen LogP contribution in [0.3, 0.4) is 0 Å². The van der Waals surface area contributed by atoms with Crippen molar-refractivity contribution in [3.63, 3.8) is 0 Å². The van der Waals surface area contributed by atoms with Crippen molar-refractivity contribution in [2.45, 2.75) is 0 Å². The molecule has 3 nitrogen and oxygen atoms in total. The van der Waals surface area contributed by atoms with Crippen molar-refractivity contribution in [1.29, 1.82) is 0 Å². The third-order valence-corrected chi connectivity index (χ3v) is 1.69. The van der Waals surface area contributed by atoms with E-state index in [1.807, 2.05) is 24.3 Å². The van der Waals surface area contributed by atoms with Crippen LogP contribution < -0.4 is 6.15 Å². The molecule has 0 radical (unpaired) electrons. The first-order valence-electron chi connectivity index (χ1n) is 3.77. The van der Waals surface area contributed by atoms with Gasteiger partial charge < -0.3 is 6.15 Å². The topological polar surface area (TPSA) is 60.8 Å². The van der Waals surface area contributed by atoms with Crippen LogP contribution in [0.15, 0.2) is 49.1 Å². The van der Waals surface area contributed by atoms with Gasteiger partial charge in [0.15, 0.2) is 0 Å². The zero-order chi connectivity index (χ0) is 8.23. The van der Waals surface area contributed by atoms with Gasteiger partial charge in [-0.2, -0.15) is 0 Å². The molecule has 2 rings (SSSR count). The van der Waals surface area contributed by atoms with Gasteiger partial charge in [-0.1, -0.05) is 0 Å². The second-order valence-electron chi connectivity index (χ2n) is 2.47. The predicted octanol–water partition coefficient (Wildman–Crippen LogP) is 2.31. The molecule has 0 fully saturated rings. The van der Waals surface area contributed by atoms with Crippen LogP contribution in [0.2, 0.25) is 0 Å². The maximum atomic E-state index is 3.96. The van der Waals surface area contributed by atoms with E-state index in [1.165, 1.54) is 11.1 Å². The summed E-state index contributed by atoms with van der Waals surface area (Å²) in [6, 6.07) is 7.93. The average Bonchev–Trinajstić information content (AvgIpc) is 2.21. The molecule has 0 unspecified atom stereocenters. The first kappa shape index (κ1) is 9.35. The highest BCUT2D eigenvalue weighted by Gasteiger charge is 1.92. The molecular formula is C10H11N3. The molecule has 0 bridgehead atoms. The number of aromatic nitrogens is 2. The molecule has 2 heterocycles. The summed E-state index contributed by atoms with van der Waals surface area (Å²) in [4.78, 5) is 7.91. The molecule has 13 heavy (non-hydrogen) atoms. The molecule has 2 aromatic rings. The van der Waals surface area contributed by atoms with E-state index in [-0.39, 0.29) is 6.15 Å². The number of hydrogen-bond donors (Lipinski definition) is 1. The maximum Gasteiger partial charge on any atom is 0.0273 e. The summed E-state index contributed by atoms with van der Waals surface area (Å²) in [6.45, 7) is 0. The molecule has 0 aliphatic rings. The lowest BCUT2D eigenvalue weighted by Crippen LogP contribution is -1.77. The lowest BCUT2D eigenvalue weighted by molar-refractivity contribution is 1.31. The van der Waals surface area contributed by atoms with Crippen molar-refractivity contribution in [3.05, 3.63) is 49.1 Å². The molecule has 3 N–H and O–H groups in total. The number of rotatable bonds is 1. The first-order valence-corrected chi connectivity index (χ1v) is 3.77. The Balaban J connectivity index is 0.000000845. The van der Waals surface area contributed by atoms with Crippen LogP contribution in [-0.4, -0.2) is 9.97 Å². The molecule has 0 aliphatic carbocycles. The zero-order valence-corrected chi connectivity index (χ0v) is 7.22. The van der Waals surface area contributed by atoms with Crippen molar-refractivity contribution in [1.82, 2.24) is 16.1 Å². The van der Waals surface area contributed by atoms with E-state index in [0.29, 0.717) is 0 Å². The summed E-state index contributed by atoms with van der Waals surface area (Å²) in [6.07, 6.45) is 7.15. The van der Waals surface area contributed by atoms with Crippen molar-refractivity contribution < 1.29 is 0 Å². The Hall–Kier alpha value is -1.74. The lowest BCUT2D eigenvalue weighted by atomic mass is 10.1.